The van der Waals surface area contributed by atoms with Crippen LogP contribution in [0, 0.1) is 0 Å². The number of carbonyl (C=O) groups excluding carboxylic acids is 1. The molecular weight excluding hydrogens is 250 g/mol. The summed E-state index contributed by atoms with van der Waals surface area (Å²) in [6, 6.07) is 0. The average Bonchev–Trinajstić information content (AvgIpc) is 2.37. The molecule has 0 aliphatic heterocycles. The van der Waals surface area contributed by atoms with Crippen LogP contribution in [0.3, 0.4) is 0 Å². The quantitative estimate of drug-likeness (QED) is 0.351. The van der Waals surface area contributed by atoms with Crippen molar-refractivity contribution in [1.29, 1.82) is 0 Å². The molecule has 18 heavy (non-hydrogen) atoms. The van der Waals surface area contributed by atoms with E-state index in [1.807, 2.05) is 32.2 Å². The second-order valence-electron chi connectivity index (χ2n) is 3.82. The van der Waals surface area contributed by atoms with Crippen LogP contribution in [-0.2, 0) is 0 Å². The Morgan fingerprint density at radius 2 is 2.17 bits per heavy atom. The molecule has 1 heterocycles. The Labute approximate surface area is 111 Å². The maximum absolute atomic E-state index is 12.1. The summed E-state index contributed by atoms with van der Waals surface area (Å²) in [6.07, 6.45) is 4.91. The predicted molar refractivity (Wildman–Crippen MR) is 72.1 cm³/mol. The lowest BCUT2D eigenvalue weighted by Gasteiger charge is -2.12. The molecule has 0 fully saturated rings. The van der Waals surface area contributed by atoms with Crippen molar-refractivity contribution in [3.63, 3.8) is 0 Å². The van der Waals surface area contributed by atoms with Gasteiger partial charge in [-0.25, -0.2) is 4.98 Å². The lowest BCUT2D eigenvalue weighted by Crippen LogP contribution is -2.11. The second kappa shape index (κ2) is 6.39. The number of allylic oxidation sites excluding steroid dienone is 2. The molecule has 0 aliphatic rings. The third kappa shape index (κ3) is 3.46. The van der Waals surface area contributed by atoms with E-state index in [0.717, 1.165) is 5.70 Å². The van der Waals surface area contributed by atoms with Gasteiger partial charge in [-0.3, -0.25) is 4.79 Å². The van der Waals surface area contributed by atoms with Gasteiger partial charge in [-0.2, -0.15) is 4.98 Å². The Bertz CT molecular complexity index is 472. The summed E-state index contributed by atoms with van der Waals surface area (Å²) in [6.45, 7) is 1.86. The molecule has 0 N–H and O–H groups in total. The minimum absolute atomic E-state index is 0.161. The number of thioether (sulfide) groups is 1. The monoisotopic (exact) mass is 267 g/mol. The van der Waals surface area contributed by atoms with Crippen molar-refractivity contribution < 1.29 is 9.53 Å². The normalized spacial score (nSPS) is 11.3. The van der Waals surface area contributed by atoms with Crippen LogP contribution in [0.1, 0.15) is 17.3 Å². The number of hydrogen-bond acceptors (Lipinski definition) is 6. The number of aromatic nitrogens is 2. The van der Waals surface area contributed by atoms with Gasteiger partial charge in [0.05, 0.1) is 7.11 Å². The summed E-state index contributed by atoms with van der Waals surface area (Å²) in [5, 5.41) is 0.580. The fourth-order valence-corrected chi connectivity index (χ4v) is 1.50. The number of hydrogen-bond donors (Lipinski definition) is 0. The van der Waals surface area contributed by atoms with Gasteiger partial charge in [0.15, 0.2) is 10.9 Å². The highest BCUT2D eigenvalue weighted by Gasteiger charge is 2.14. The largest absolute Gasteiger partial charge is 0.480 e. The van der Waals surface area contributed by atoms with Crippen LogP contribution in [-0.4, -0.2) is 48.1 Å². The van der Waals surface area contributed by atoms with Crippen molar-refractivity contribution in [2.75, 3.05) is 27.5 Å². The highest BCUT2D eigenvalue weighted by Crippen LogP contribution is 2.19. The van der Waals surface area contributed by atoms with Crippen LogP contribution < -0.4 is 4.74 Å². The molecule has 1 aromatic rings. The van der Waals surface area contributed by atoms with E-state index in [2.05, 4.69) is 9.97 Å². The molecule has 6 heteroatoms. The van der Waals surface area contributed by atoms with E-state index in [9.17, 15) is 4.79 Å². The third-order valence-corrected chi connectivity index (χ3v) is 2.98. The first-order valence-corrected chi connectivity index (χ1v) is 6.57. The molecule has 1 aromatic heterocycles. The standard InChI is InChI=1S/C12H17N3O2S/c1-8(15(2)3)6-10(16)9-7-13-12(18-5)14-11(9)17-4/h6-7H,1-5H3. The molecule has 0 saturated heterocycles. The van der Waals surface area contributed by atoms with Gasteiger partial charge in [-0.1, -0.05) is 11.8 Å². The molecule has 5 nitrogen and oxygen atoms in total. The second-order valence-corrected chi connectivity index (χ2v) is 4.60. The number of carbonyl (C=O) groups is 1. The molecule has 0 saturated carbocycles. The number of ketones is 1. The Morgan fingerprint density at radius 1 is 1.50 bits per heavy atom. The molecule has 0 aliphatic carbocycles. The van der Waals surface area contributed by atoms with E-state index >= 15 is 0 Å². The van der Waals surface area contributed by atoms with Crippen LogP contribution in [0.5, 0.6) is 5.88 Å². The summed E-state index contributed by atoms with van der Waals surface area (Å²) in [5.74, 6) is 0.146. The van der Waals surface area contributed by atoms with E-state index in [-0.39, 0.29) is 5.78 Å². The van der Waals surface area contributed by atoms with Crippen molar-refractivity contribution in [2.45, 2.75) is 12.1 Å². The Balaban J connectivity index is 3.10. The van der Waals surface area contributed by atoms with Crippen LogP contribution in [0.25, 0.3) is 0 Å². The Kier molecular flexibility index (Phi) is 5.15. The summed E-state index contributed by atoms with van der Waals surface area (Å²) in [5.41, 5.74) is 1.23. The summed E-state index contributed by atoms with van der Waals surface area (Å²) in [4.78, 5) is 22.2. The first kappa shape index (κ1) is 14.5. The number of nitrogens with zero attached hydrogens (tertiary/aromatic N) is 3. The lowest BCUT2D eigenvalue weighted by atomic mass is 10.2. The SMILES string of the molecule is COc1nc(SC)ncc1C(=O)C=C(C)N(C)C. The summed E-state index contributed by atoms with van der Waals surface area (Å²) in [7, 11) is 5.25. The molecule has 0 radical (unpaired) electrons. The van der Waals surface area contributed by atoms with Crippen molar-refractivity contribution in [3.05, 3.63) is 23.5 Å². The fourth-order valence-electron chi connectivity index (χ4n) is 1.17. The van der Waals surface area contributed by atoms with Gasteiger partial charge in [0, 0.05) is 32.1 Å². The maximum atomic E-state index is 12.1. The van der Waals surface area contributed by atoms with Crippen LogP contribution in [0.15, 0.2) is 23.1 Å². The molecule has 0 atom stereocenters. The number of methoxy groups -OCH3 is 1. The average molecular weight is 267 g/mol. The molecule has 1 rings (SSSR count). The zero-order valence-corrected chi connectivity index (χ0v) is 12.0. The molecule has 0 aromatic carbocycles. The number of rotatable bonds is 5. The van der Waals surface area contributed by atoms with E-state index in [1.165, 1.54) is 25.1 Å². The molecule has 98 valence electrons. The highest BCUT2D eigenvalue weighted by molar-refractivity contribution is 7.98. The van der Waals surface area contributed by atoms with E-state index in [1.54, 1.807) is 6.08 Å². The highest BCUT2D eigenvalue weighted by atomic mass is 32.2. The molecular formula is C12H17N3O2S. The van der Waals surface area contributed by atoms with Gasteiger partial charge in [0.2, 0.25) is 5.88 Å². The molecule has 0 amide bonds. The minimum atomic E-state index is -0.161. The minimum Gasteiger partial charge on any atom is -0.480 e. The zero-order valence-electron chi connectivity index (χ0n) is 11.2. The van der Waals surface area contributed by atoms with E-state index < -0.39 is 0 Å². The van der Waals surface area contributed by atoms with E-state index in [0.29, 0.717) is 16.6 Å². The van der Waals surface area contributed by atoms with Gasteiger partial charge in [-0.15, -0.1) is 0 Å². The molecule has 0 unspecified atom stereocenters. The van der Waals surface area contributed by atoms with Gasteiger partial charge in [0.1, 0.15) is 5.56 Å². The third-order valence-electron chi connectivity index (χ3n) is 2.42. The van der Waals surface area contributed by atoms with Gasteiger partial charge < -0.3 is 9.64 Å². The van der Waals surface area contributed by atoms with Gasteiger partial charge in [-0.05, 0) is 13.2 Å². The zero-order chi connectivity index (χ0) is 13.7. The van der Waals surface area contributed by atoms with Crippen LogP contribution in [0.4, 0.5) is 0 Å². The van der Waals surface area contributed by atoms with Gasteiger partial charge in [0.25, 0.3) is 0 Å². The smallest absolute Gasteiger partial charge is 0.228 e. The molecule has 0 spiro atoms. The lowest BCUT2D eigenvalue weighted by molar-refractivity contribution is 0.104. The van der Waals surface area contributed by atoms with Crippen LogP contribution >= 0.6 is 11.8 Å². The van der Waals surface area contributed by atoms with Crippen molar-refractivity contribution in [2.24, 2.45) is 0 Å². The molecule has 0 bridgehead atoms. The van der Waals surface area contributed by atoms with E-state index in [4.69, 9.17) is 4.74 Å². The Morgan fingerprint density at radius 3 is 2.67 bits per heavy atom. The van der Waals surface area contributed by atoms with Crippen LogP contribution in [0.2, 0.25) is 0 Å². The summed E-state index contributed by atoms with van der Waals surface area (Å²) >= 11 is 1.40. The van der Waals surface area contributed by atoms with Crippen molar-refractivity contribution in [3.8, 4) is 5.88 Å². The first-order chi connectivity index (χ1) is 8.49. The predicted octanol–water partition coefficient (Wildman–Crippen LogP) is 1.86. The summed E-state index contributed by atoms with van der Waals surface area (Å²) < 4.78 is 5.12. The maximum Gasteiger partial charge on any atom is 0.228 e. The Hall–Kier alpha value is -1.56. The van der Waals surface area contributed by atoms with Crippen molar-refractivity contribution in [1.82, 2.24) is 14.9 Å². The first-order valence-electron chi connectivity index (χ1n) is 5.34. The topological polar surface area (TPSA) is 55.3 Å². The number of ether oxygens (including phenoxy) is 1. The van der Waals surface area contributed by atoms with Crippen molar-refractivity contribution >= 4 is 17.5 Å². The fraction of sp³-hybridized carbons (Fsp3) is 0.417. The van der Waals surface area contributed by atoms with Gasteiger partial charge >= 0.3 is 0 Å².